The molecule has 0 radical (unpaired) electrons. The van der Waals surface area contributed by atoms with Gasteiger partial charge in [-0.05, 0) is 33.6 Å². The Bertz CT molecular complexity index is 575. The Hall–Kier alpha value is -2.07. The Morgan fingerprint density at radius 2 is 1.92 bits per heavy atom. The molecule has 2 aliphatic rings. The van der Waals surface area contributed by atoms with Crippen molar-refractivity contribution in [2.45, 2.75) is 51.3 Å². The minimum atomic E-state index is -0.959. The van der Waals surface area contributed by atoms with Gasteiger partial charge in [0.15, 0.2) is 5.92 Å². The van der Waals surface area contributed by atoms with E-state index >= 15 is 0 Å². The lowest BCUT2D eigenvalue weighted by Gasteiger charge is -2.53. The summed E-state index contributed by atoms with van der Waals surface area (Å²) in [5, 5.41) is 9.53. The van der Waals surface area contributed by atoms with Crippen molar-refractivity contribution in [1.29, 1.82) is 5.26 Å². The molecular formula is C18H26N2O5. The second-order valence-corrected chi connectivity index (χ2v) is 7.66. The molecule has 0 aromatic heterocycles. The summed E-state index contributed by atoms with van der Waals surface area (Å²) in [6, 6.07) is 1.51. The number of nitriles is 1. The molecule has 2 aliphatic heterocycles. The summed E-state index contributed by atoms with van der Waals surface area (Å²) < 4.78 is 15.9. The van der Waals surface area contributed by atoms with Gasteiger partial charge in [0.05, 0.1) is 38.5 Å². The second-order valence-electron chi connectivity index (χ2n) is 7.66. The van der Waals surface area contributed by atoms with E-state index in [1.54, 1.807) is 11.0 Å². The zero-order chi connectivity index (χ0) is 18.8. The van der Waals surface area contributed by atoms with Crippen LogP contribution in [-0.2, 0) is 19.0 Å². The first kappa shape index (κ1) is 19.3. The number of morpholine rings is 1. The Balaban J connectivity index is 2.30. The zero-order valence-corrected chi connectivity index (χ0v) is 15.3. The number of esters is 1. The second kappa shape index (κ2) is 7.04. The number of hydrogen-bond acceptors (Lipinski definition) is 6. The van der Waals surface area contributed by atoms with Crippen molar-refractivity contribution >= 4 is 12.1 Å². The van der Waals surface area contributed by atoms with Crippen molar-refractivity contribution in [3.63, 3.8) is 0 Å². The van der Waals surface area contributed by atoms with Crippen LogP contribution in [-0.4, -0.2) is 55.0 Å². The highest BCUT2D eigenvalue weighted by molar-refractivity contribution is 5.77. The monoisotopic (exact) mass is 350 g/mol. The van der Waals surface area contributed by atoms with E-state index < -0.39 is 29.0 Å². The topological polar surface area (TPSA) is 88.9 Å². The smallest absolute Gasteiger partial charge is 0.410 e. The number of fused-ring (bicyclic) bond motifs is 2. The number of amides is 1. The summed E-state index contributed by atoms with van der Waals surface area (Å²) in [4.78, 5) is 26.4. The number of carbonyl (C=O) groups excluding carboxylic acids is 2. The Labute approximate surface area is 148 Å². The number of nitrogens with zero attached hydrogens (tertiary/aromatic N) is 2. The molecule has 2 rings (SSSR count). The van der Waals surface area contributed by atoms with Gasteiger partial charge in [-0.3, -0.25) is 9.69 Å². The number of carbonyl (C=O) groups is 2. The van der Waals surface area contributed by atoms with Crippen LogP contribution < -0.4 is 0 Å². The summed E-state index contributed by atoms with van der Waals surface area (Å²) in [5.41, 5.74) is -1.35. The van der Waals surface area contributed by atoms with E-state index in [0.717, 1.165) is 0 Å². The van der Waals surface area contributed by atoms with Gasteiger partial charge in [-0.2, -0.15) is 5.26 Å². The van der Waals surface area contributed by atoms with Crippen LogP contribution in [0.25, 0.3) is 0 Å². The molecule has 2 fully saturated rings. The van der Waals surface area contributed by atoms with Gasteiger partial charge in [-0.1, -0.05) is 6.08 Å². The third-order valence-corrected chi connectivity index (χ3v) is 4.79. The van der Waals surface area contributed by atoms with Crippen LogP contribution in [0.3, 0.4) is 0 Å². The molecule has 7 heteroatoms. The number of ether oxygens (including phenoxy) is 3. The lowest BCUT2D eigenvalue weighted by molar-refractivity contribution is -0.152. The fourth-order valence-electron chi connectivity index (χ4n) is 3.74. The first-order valence-electron chi connectivity index (χ1n) is 8.37. The van der Waals surface area contributed by atoms with Crippen LogP contribution in [0, 0.1) is 22.7 Å². The fourth-order valence-corrected chi connectivity index (χ4v) is 3.74. The molecule has 138 valence electrons. The predicted molar refractivity (Wildman–Crippen MR) is 89.5 cm³/mol. The van der Waals surface area contributed by atoms with Crippen LogP contribution in [0.1, 0.15) is 33.6 Å². The normalized spacial score (nSPS) is 30.0. The molecule has 0 spiro atoms. The van der Waals surface area contributed by atoms with Crippen LogP contribution in [0.5, 0.6) is 0 Å². The number of rotatable bonds is 3. The molecule has 0 aromatic carbocycles. The summed E-state index contributed by atoms with van der Waals surface area (Å²) in [6.07, 6.45) is 2.07. The quantitative estimate of drug-likeness (QED) is 0.573. The number of allylic oxidation sites excluding steroid dienone is 1. The summed E-state index contributed by atoms with van der Waals surface area (Å²) in [5.74, 6) is -1.54. The van der Waals surface area contributed by atoms with Crippen LogP contribution in [0.15, 0.2) is 12.7 Å². The van der Waals surface area contributed by atoms with Gasteiger partial charge in [0.25, 0.3) is 0 Å². The third kappa shape index (κ3) is 3.79. The molecule has 2 heterocycles. The number of piperidine rings is 1. The van der Waals surface area contributed by atoms with Gasteiger partial charge in [-0.15, -0.1) is 6.58 Å². The van der Waals surface area contributed by atoms with Crippen molar-refractivity contribution in [1.82, 2.24) is 4.90 Å². The third-order valence-electron chi connectivity index (χ3n) is 4.79. The fraction of sp³-hybridized carbons (Fsp3) is 0.722. The van der Waals surface area contributed by atoms with Crippen molar-refractivity contribution in [2.75, 3.05) is 20.3 Å². The van der Waals surface area contributed by atoms with Crippen LogP contribution in [0.2, 0.25) is 0 Å². The standard InChI is InChI=1S/C18H26N2O5/c1-6-18(14(9-19)15(21)23-5)7-12-10-24-11-13(8-18)20(12)16(22)25-17(2,3)4/h6,12-14H,1,7-8,10-11H2,2-5H3. The maximum absolute atomic E-state index is 12.6. The first-order chi connectivity index (χ1) is 11.7. The molecule has 0 aromatic rings. The Morgan fingerprint density at radius 1 is 1.36 bits per heavy atom. The van der Waals surface area contributed by atoms with Gasteiger partial charge >= 0.3 is 12.1 Å². The van der Waals surface area contributed by atoms with Crippen molar-refractivity contribution < 1.29 is 23.8 Å². The highest BCUT2D eigenvalue weighted by Gasteiger charge is 2.53. The molecule has 0 saturated carbocycles. The van der Waals surface area contributed by atoms with E-state index in [4.69, 9.17) is 14.2 Å². The van der Waals surface area contributed by atoms with Crippen LogP contribution in [0.4, 0.5) is 4.79 Å². The van der Waals surface area contributed by atoms with E-state index in [0.29, 0.717) is 26.1 Å². The lowest BCUT2D eigenvalue weighted by Crippen LogP contribution is -2.63. The summed E-state index contributed by atoms with van der Waals surface area (Å²) in [6.45, 7) is 9.99. The minimum Gasteiger partial charge on any atom is -0.468 e. The van der Waals surface area contributed by atoms with Gasteiger partial charge < -0.3 is 14.2 Å². The molecule has 3 atom stereocenters. The van der Waals surface area contributed by atoms with E-state index in [-0.39, 0.29) is 12.1 Å². The molecule has 0 N–H and O–H groups in total. The molecule has 0 aliphatic carbocycles. The predicted octanol–water partition coefficient (Wildman–Crippen LogP) is 2.27. The Kier molecular flexibility index (Phi) is 5.43. The van der Waals surface area contributed by atoms with E-state index in [1.165, 1.54) is 7.11 Å². The first-order valence-corrected chi connectivity index (χ1v) is 8.37. The molecule has 3 unspecified atom stereocenters. The van der Waals surface area contributed by atoms with Crippen molar-refractivity contribution in [3.8, 4) is 6.07 Å². The molecule has 2 bridgehead atoms. The average Bonchev–Trinajstić information content (AvgIpc) is 2.52. The molecule has 2 saturated heterocycles. The van der Waals surface area contributed by atoms with Crippen LogP contribution >= 0.6 is 0 Å². The lowest BCUT2D eigenvalue weighted by atomic mass is 9.64. The highest BCUT2D eigenvalue weighted by Crippen LogP contribution is 2.47. The van der Waals surface area contributed by atoms with Gasteiger partial charge in [0.2, 0.25) is 0 Å². The molecule has 7 nitrogen and oxygen atoms in total. The van der Waals surface area contributed by atoms with Gasteiger partial charge in [-0.25, -0.2) is 4.79 Å². The van der Waals surface area contributed by atoms with Crippen molar-refractivity contribution in [2.24, 2.45) is 11.3 Å². The maximum Gasteiger partial charge on any atom is 0.410 e. The van der Waals surface area contributed by atoms with Crippen molar-refractivity contribution in [3.05, 3.63) is 12.7 Å². The zero-order valence-electron chi connectivity index (χ0n) is 15.3. The molecule has 25 heavy (non-hydrogen) atoms. The number of methoxy groups -OCH3 is 1. The highest BCUT2D eigenvalue weighted by atomic mass is 16.6. The maximum atomic E-state index is 12.6. The van der Waals surface area contributed by atoms with Gasteiger partial charge in [0, 0.05) is 5.41 Å². The summed E-state index contributed by atoms with van der Waals surface area (Å²) in [7, 11) is 1.27. The van der Waals surface area contributed by atoms with E-state index in [1.807, 2.05) is 20.8 Å². The minimum absolute atomic E-state index is 0.277. The van der Waals surface area contributed by atoms with E-state index in [2.05, 4.69) is 12.6 Å². The number of hydrogen-bond donors (Lipinski definition) is 0. The average molecular weight is 350 g/mol. The molecule has 1 amide bonds. The SMILES string of the molecule is C=CC1(C(C#N)C(=O)OC)CC2COCC(C1)N2C(=O)OC(C)(C)C. The largest absolute Gasteiger partial charge is 0.468 e. The summed E-state index contributed by atoms with van der Waals surface area (Å²) >= 11 is 0. The molecular weight excluding hydrogens is 324 g/mol. The van der Waals surface area contributed by atoms with E-state index in [9.17, 15) is 14.9 Å². The van der Waals surface area contributed by atoms with Gasteiger partial charge in [0.1, 0.15) is 5.60 Å². The Morgan fingerprint density at radius 3 is 2.32 bits per heavy atom.